The summed E-state index contributed by atoms with van der Waals surface area (Å²) in [6, 6.07) is 7.20. The minimum atomic E-state index is -1.24. The van der Waals surface area contributed by atoms with Crippen LogP contribution in [0.3, 0.4) is 0 Å². The van der Waals surface area contributed by atoms with E-state index in [2.05, 4.69) is 4.98 Å². The van der Waals surface area contributed by atoms with E-state index in [1.807, 2.05) is 0 Å². The summed E-state index contributed by atoms with van der Waals surface area (Å²) in [5.41, 5.74) is -0.499. The second-order valence-corrected chi connectivity index (χ2v) is 6.97. The Labute approximate surface area is 175 Å². The van der Waals surface area contributed by atoms with E-state index in [4.69, 9.17) is 14.2 Å². The predicted molar refractivity (Wildman–Crippen MR) is 105 cm³/mol. The molecule has 5 atom stereocenters. The van der Waals surface area contributed by atoms with E-state index < -0.39 is 53.6 Å². The van der Waals surface area contributed by atoms with Gasteiger partial charge in [0.25, 0.3) is 11.2 Å². The van der Waals surface area contributed by atoms with Gasteiger partial charge >= 0.3 is 5.69 Å². The van der Waals surface area contributed by atoms with Crippen LogP contribution >= 0.6 is 0 Å². The Morgan fingerprint density at radius 1 is 1.29 bits per heavy atom. The fraction of sp³-hybridized carbons (Fsp3) is 0.474. The van der Waals surface area contributed by atoms with Gasteiger partial charge in [0, 0.05) is 24.4 Å². The molecule has 1 unspecified atom stereocenters. The molecule has 0 radical (unpaired) electrons. The quantitative estimate of drug-likeness (QED) is 0.271. The SMILES string of the molecule is CC(OCCc1ccc([N+](=O)[O-])cc1)O[C@@H]1[C@H](O)[C@@H](CO)O[C@H]1n1ccc(=O)[nH]c1=O. The van der Waals surface area contributed by atoms with E-state index >= 15 is 0 Å². The third kappa shape index (κ3) is 5.42. The van der Waals surface area contributed by atoms with Crippen LogP contribution in [0.5, 0.6) is 0 Å². The zero-order chi connectivity index (χ0) is 22.5. The first-order valence-electron chi connectivity index (χ1n) is 9.56. The third-order valence-electron chi connectivity index (χ3n) is 4.86. The average molecular weight is 437 g/mol. The van der Waals surface area contributed by atoms with Crippen molar-refractivity contribution in [3.63, 3.8) is 0 Å². The van der Waals surface area contributed by atoms with Crippen LogP contribution in [-0.4, -0.2) is 62.5 Å². The van der Waals surface area contributed by atoms with Crippen LogP contribution in [0.2, 0.25) is 0 Å². The van der Waals surface area contributed by atoms with Crippen LogP contribution in [0, 0.1) is 10.1 Å². The van der Waals surface area contributed by atoms with Gasteiger partial charge in [0.2, 0.25) is 0 Å². The van der Waals surface area contributed by atoms with Crippen molar-refractivity contribution in [3.05, 3.63) is 73.0 Å². The summed E-state index contributed by atoms with van der Waals surface area (Å²) in [5, 5.41) is 30.6. The number of nitro benzene ring substituents is 1. The zero-order valence-electron chi connectivity index (χ0n) is 16.6. The lowest BCUT2D eigenvalue weighted by molar-refractivity contribution is -0.384. The van der Waals surface area contributed by atoms with E-state index in [-0.39, 0.29) is 12.3 Å². The largest absolute Gasteiger partial charge is 0.394 e. The lowest BCUT2D eigenvalue weighted by atomic mass is 10.1. The van der Waals surface area contributed by atoms with Crippen molar-refractivity contribution in [2.45, 2.75) is 44.2 Å². The van der Waals surface area contributed by atoms with Crippen molar-refractivity contribution in [2.24, 2.45) is 0 Å². The summed E-state index contributed by atoms with van der Waals surface area (Å²) in [4.78, 5) is 35.7. The molecule has 3 N–H and O–H groups in total. The molecule has 0 spiro atoms. The number of ether oxygens (including phenoxy) is 3. The van der Waals surface area contributed by atoms with Gasteiger partial charge in [-0.1, -0.05) is 12.1 Å². The van der Waals surface area contributed by atoms with Gasteiger partial charge in [-0.2, -0.15) is 0 Å². The van der Waals surface area contributed by atoms with Gasteiger partial charge in [0.05, 0.1) is 18.1 Å². The van der Waals surface area contributed by atoms with E-state index in [0.29, 0.717) is 6.42 Å². The van der Waals surface area contributed by atoms with E-state index in [1.54, 1.807) is 19.1 Å². The average Bonchev–Trinajstić information content (AvgIpc) is 3.03. The highest BCUT2D eigenvalue weighted by Gasteiger charge is 2.46. The number of nitrogens with one attached hydrogen (secondary N) is 1. The molecule has 0 saturated carbocycles. The van der Waals surface area contributed by atoms with Crippen LogP contribution in [0.4, 0.5) is 5.69 Å². The van der Waals surface area contributed by atoms with Gasteiger partial charge in [0.1, 0.15) is 18.3 Å². The molecule has 12 heteroatoms. The molecule has 168 valence electrons. The number of hydrogen-bond acceptors (Lipinski definition) is 9. The molecule has 2 aromatic rings. The molecule has 1 aliphatic rings. The summed E-state index contributed by atoms with van der Waals surface area (Å²) in [6.07, 6.45) is -3.48. The molecular weight excluding hydrogens is 414 g/mol. The van der Waals surface area contributed by atoms with Crippen molar-refractivity contribution in [1.82, 2.24) is 9.55 Å². The van der Waals surface area contributed by atoms with Crippen molar-refractivity contribution < 1.29 is 29.3 Å². The maximum atomic E-state index is 12.1. The van der Waals surface area contributed by atoms with Gasteiger partial charge in [-0.05, 0) is 18.9 Å². The molecule has 1 aromatic heterocycles. The van der Waals surface area contributed by atoms with Crippen LogP contribution in [0.15, 0.2) is 46.1 Å². The van der Waals surface area contributed by atoms with Gasteiger partial charge in [-0.15, -0.1) is 0 Å². The number of H-pyrrole nitrogens is 1. The third-order valence-corrected chi connectivity index (χ3v) is 4.86. The van der Waals surface area contributed by atoms with E-state index in [1.165, 1.54) is 18.3 Å². The second-order valence-electron chi connectivity index (χ2n) is 6.97. The Balaban J connectivity index is 1.62. The predicted octanol–water partition coefficient (Wildman–Crippen LogP) is -0.314. The topological polar surface area (TPSA) is 166 Å². The Kier molecular flexibility index (Phi) is 7.30. The van der Waals surface area contributed by atoms with Crippen molar-refractivity contribution in [2.75, 3.05) is 13.2 Å². The number of nitro groups is 1. The molecule has 0 bridgehead atoms. The van der Waals surface area contributed by atoms with Crippen molar-refractivity contribution >= 4 is 5.69 Å². The number of nitrogens with zero attached hydrogens (tertiary/aromatic N) is 2. The van der Waals surface area contributed by atoms with Gasteiger partial charge in [0.15, 0.2) is 12.5 Å². The van der Waals surface area contributed by atoms with Gasteiger partial charge in [-0.25, -0.2) is 4.79 Å². The van der Waals surface area contributed by atoms with E-state index in [9.17, 15) is 29.9 Å². The number of non-ortho nitro benzene ring substituents is 1. The first-order chi connectivity index (χ1) is 14.8. The minimum Gasteiger partial charge on any atom is -0.394 e. The van der Waals surface area contributed by atoms with Crippen molar-refractivity contribution in [1.29, 1.82) is 0 Å². The molecule has 1 aliphatic heterocycles. The van der Waals surface area contributed by atoms with Crippen LogP contribution < -0.4 is 11.2 Å². The van der Waals surface area contributed by atoms with Gasteiger partial charge < -0.3 is 24.4 Å². The maximum Gasteiger partial charge on any atom is 0.330 e. The normalized spacial score (nSPS) is 24.2. The molecular formula is C19H23N3O9. The lowest BCUT2D eigenvalue weighted by Crippen LogP contribution is -2.41. The molecule has 12 nitrogen and oxygen atoms in total. The number of rotatable bonds is 9. The van der Waals surface area contributed by atoms with Crippen LogP contribution in [0.1, 0.15) is 18.7 Å². The number of benzene rings is 1. The zero-order valence-corrected chi connectivity index (χ0v) is 16.6. The van der Waals surface area contributed by atoms with Gasteiger partial charge in [-0.3, -0.25) is 24.5 Å². The number of aliphatic hydroxyl groups is 2. The fourth-order valence-corrected chi connectivity index (χ4v) is 3.26. The van der Waals surface area contributed by atoms with Crippen LogP contribution in [0.25, 0.3) is 0 Å². The Bertz CT molecular complexity index is 1000. The molecule has 1 aromatic carbocycles. The minimum absolute atomic E-state index is 0.00132. The standard InChI is InChI=1S/C19H23N3O9/c1-11(29-9-7-12-2-4-13(5-3-12)22(27)28)30-17-16(25)14(10-23)31-18(17)21-8-6-15(24)20-19(21)26/h2-6,8,11,14,16-18,23,25H,7,9-10H2,1H3,(H,20,24,26)/t11?,14-,16-,17-,18-/m1/s1. The summed E-state index contributed by atoms with van der Waals surface area (Å²) >= 11 is 0. The number of hydrogen-bond donors (Lipinski definition) is 3. The molecule has 3 rings (SSSR count). The highest BCUT2D eigenvalue weighted by atomic mass is 16.7. The molecule has 2 heterocycles. The monoisotopic (exact) mass is 437 g/mol. The number of aromatic nitrogens is 2. The van der Waals surface area contributed by atoms with Crippen molar-refractivity contribution in [3.8, 4) is 0 Å². The second kappa shape index (κ2) is 9.94. The highest BCUT2D eigenvalue weighted by Crippen LogP contribution is 2.31. The first kappa shape index (κ1) is 22.8. The van der Waals surface area contributed by atoms with Crippen LogP contribution in [-0.2, 0) is 20.6 Å². The smallest absolute Gasteiger partial charge is 0.330 e. The molecule has 0 aliphatic carbocycles. The molecule has 1 fully saturated rings. The summed E-state index contributed by atoms with van der Waals surface area (Å²) < 4.78 is 18.0. The molecule has 1 saturated heterocycles. The number of aliphatic hydroxyl groups excluding tert-OH is 2. The number of aromatic amines is 1. The fourth-order valence-electron chi connectivity index (χ4n) is 3.26. The Morgan fingerprint density at radius 3 is 2.61 bits per heavy atom. The Morgan fingerprint density at radius 2 is 2.00 bits per heavy atom. The first-order valence-corrected chi connectivity index (χ1v) is 9.56. The summed E-state index contributed by atoms with van der Waals surface area (Å²) in [7, 11) is 0. The highest BCUT2D eigenvalue weighted by molar-refractivity contribution is 5.32. The summed E-state index contributed by atoms with van der Waals surface area (Å²) in [5.74, 6) is 0. The van der Waals surface area contributed by atoms with E-state index in [0.717, 1.165) is 16.2 Å². The maximum absolute atomic E-state index is 12.1. The lowest BCUT2D eigenvalue weighted by Gasteiger charge is -2.25. The summed E-state index contributed by atoms with van der Waals surface area (Å²) in [6.45, 7) is 1.34. The molecule has 31 heavy (non-hydrogen) atoms. The molecule has 0 amide bonds. The Hall–Kier alpha value is -2.90.